The number of nitrogens with two attached hydrogens (primary N) is 1. The lowest BCUT2D eigenvalue weighted by Gasteiger charge is -2.32. The highest BCUT2D eigenvalue weighted by Crippen LogP contribution is 2.36. The van der Waals surface area contributed by atoms with Gasteiger partial charge in [0.05, 0.1) is 34.8 Å². The van der Waals surface area contributed by atoms with Gasteiger partial charge < -0.3 is 25.4 Å². The van der Waals surface area contributed by atoms with Crippen LogP contribution in [0.1, 0.15) is 52.4 Å². The Morgan fingerprint density at radius 2 is 1.65 bits per heavy atom. The number of anilines is 2. The van der Waals surface area contributed by atoms with Crippen molar-refractivity contribution in [1.82, 2.24) is 34.9 Å². The van der Waals surface area contributed by atoms with E-state index in [0.717, 1.165) is 42.1 Å². The number of amides is 5. The van der Waals surface area contributed by atoms with E-state index in [4.69, 9.17) is 20.3 Å². The molecule has 1 unspecified atom stereocenters. The molecule has 3 aromatic carbocycles. The molecule has 16 heteroatoms. The second kappa shape index (κ2) is 15.1. The minimum atomic E-state index is -1.10. The summed E-state index contributed by atoms with van der Waals surface area (Å²) in [5, 5.41) is 10.6. The fourth-order valence-electron chi connectivity index (χ4n) is 7.31. The van der Waals surface area contributed by atoms with Crippen molar-refractivity contribution < 1.29 is 33.4 Å². The predicted octanol–water partition coefficient (Wildman–Crippen LogP) is 3.56. The number of fused-ring (bicyclic) bond motifs is 2. The van der Waals surface area contributed by atoms with Crippen LogP contribution in [-0.4, -0.2) is 98.0 Å². The Bertz CT molecular complexity index is 2300. The lowest BCUT2D eigenvalue weighted by Crippen LogP contribution is -2.54. The van der Waals surface area contributed by atoms with Gasteiger partial charge in [0.2, 0.25) is 17.7 Å². The Hall–Kier alpha value is -6.52. The van der Waals surface area contributed by atoms with E-state index in [1.165, 1.54) is 18.5 Å². The zero-order chi connectivity index (χ0) is 38.1. The average molecular weight is 744 g/mol. The van der Waals surface area contributed by atoms with Crippen LogP contribution in [0, 0.1) is 0 Å². The summed E-state index contributed by atoms with van der Waals surface area (Å²) in [6, 6.07) is 20.8. The molecule has 2 saturated heterocycles. The van der Waals surface area contributed by atoms with Crippen molar-refractivity contribution >= 4 is 52.1 Å². The van der Waals surface area contributed by atoms with Gasteiger partial charge in [0.25, 0.3) is 11.8 Å². The molecule has 0 bridgehead atoms. The Morgan fingerprint density at radius 3 is 2.42 bits per heavy atom. The zero-order valence-corrected chi connectivity index (χ0v) is 29.6. The molecular weight excluding hydrogens is 706 g/mol. The van der Waals surface area contributed by atoms with Crippen LogP contribution in [0.2, 0.25) is 0 Å². The minimum absolute atomic E-state index is 0.00555. The lowest BCUT2D eigenvalue weighted by atomic mass is 10.0. The van der Waals surface area contributed by atoms with Gasteiger partial charge in [0.15, 0.2) is 5.65 Å². The van der Waals surface area contributed by atoms with E-state index in [2.05, 4.69) is 25.5 Å². The van der Waals surface area contributed by atoms with Crippen molar-refractivity contribution in [3.8, 4) is 22.8 Å². The van der Waals surface area contributed by atoms with Gasteiger partial charge in [0.1, 0.15) is 42.0 Å². The second-order valence-electron chi connectivity index (χ2n) is 13.5. The third kappa shape index (κ3) is 7.12. The number of rotatable bonds is 11. The number of hydrogen-bond acceptors (Lipinski definition) is 12. The first kappa shape index (κ1) is 35.5. The van der Waals surface area contributed by atoms with Gasteiger partial charge in [-0.1, -0.05) is 24.3 Å². The molecule has 8 rings (SSSR count). The van der Waals surface area contributed by atoms with Crippen LogP contribution in [0.4, 0.5) is 11.5 Å². The SMILES string of the molecule is Nc1ncnc2c1c(-c1ccc(Oc3ccccc3)cc1)nn2C1CCN(CCOCC(=O)Nc2cccc3c2C(=O)N(C2CCC(=O)NC2=O)C3=O)CC1. The topological polar surface area (TPSA) is 204 Å². The number of likely N-dealkylation sites (tertiary alicyclic amines) is 1. The molecule has 2 fully saturated rings. The largest absolute Gasteiger partial charge is 0.457 e. The van der Waals surface area contributed by atoms with Crippen LogP contribution in [0.25, 0.3) is 22.3 Å². The van der Waals surface area contributed by atoms with Crippen LogP contribution < -0.4 is 21.1 Å². The molecule has 5 heterocycles. The maximum absolute atomic E-state index is 13.3. The van der Waals surface area contributed by atoms with Crippen molar-refractivity contribution in [1.29, 1.82) is 0 Å². The molecule has 5 aromatic rings. The van der Waals surface area contributed by atoms with Crippen molar-refractivity contribution in [3.05, 3.63) is 90.3 Å². The van der Waals surface area contributed by atoms with Gasteiger partial charge in [0, 0.05) is 31.6 Å². The number of nitrogens with zero attached hydrogens (tertiary/aromatic N) is 6. The highest BCUT2D eigenvalue weighted by atomic mass is 16.5. The molecule has 5 amide bonds. The van der Waals surface area contributed by atoms with Crippen molar-refractivity contribution in [2.75, 3.05) is 43.9 Å². The molecule has 55 heavy (non-hydrogen) atoms. The van der Waals surface area contributed by atoms with E-state index in [9.17, 15) is 24.0 Å². The molecule has 2 aromatic heterocycles. The number of imide groups is 2. The van der Waals surface area contributed by atoms with E-state index in [1.54, 1.807) is 6.07 Å². The van der Waals surface area contributed by atoms with E-state index in [-0.39, 0.29) is 42.3 Å². The standard InChI is InChI=1S/C39H37N9O7/c40-35-33-34(23-9-11-26(12-10-23)55-25-5-2-1-3-6-25)45-48(36(33)42-22-41-35)24-15-17-46(18-16-24)19-20-54-21-31(50)43-28-8-4-7-27-32(28)39(53)47(38(27)52)29-13-14-30(49)44-37(29)51/h1-12,22,24,29H,13-21H2,(H,43,50)(H2,40,41,42)(H,44,49,51). The first-order valence-corrected chi connectivity index (χ1v) is 18.0. The molecule has 0 radical (unpaired) electrons. The monoisotopic (exact) mass is 743 g/mol. The smallest absolute Gasteiger partial charge is 0.264 e. The van der Waals surface area contributed by atoms with Crippen molar-refractivity contribution in [2.45, 2.75) is 37.8 Å². The number of ether oxygens (including phenoxy) is 2. The maximum Gasteiger partial charge on any atom is 0.264 e. The van der Waals surface area contributed by atoms with Crippen LogP contribution in [0.15, 0.2) is 79.1 Å². The molecule has 0 saturated carbocycles. The number of nitrogen functional groups attached to an aromatic ring is 1. The third-order valence-electron chi connectivity index (χ3n) is 10.1. The number of benzene rings is 3. The Morgan fingerprint density at radius 1 is 0.891 bits per heavy atom. The number of aromatic nitrogens is 4. The Balaban J connectivity index is 0.841. The number of carbonyl (C=O) groups excluding carboxylic acids is 5. The molecule has 1 atom stereocenters. The summed E-state index contributed by atoms with van der Waals surface area (Å²) >= 11 is 0. The van der Waals surface area contributed by atoms with Crippen LogP contribution in [-0.2, 0) is 19.1 Å². The summed E-state index contributed by atoms with van der Waals surface area (Å²) in [4.78, 5) is 75.2. The van der Waals surface area contributed by atoms with Crippen LogP contribution in [0.3, 0.4) is 0 Å². The van der Waals surface area contributed by atoms with Gasteiger partial charge in [-0.2, -0.15) is 5.10 Å². The van der Waals surface area contributed by atoms with Crippen LogP contribution in [0.5, 0.6) is 11.5 Å². The minimum Gasteiger partial charge on any atom is -0.457 e. The molecule has 16 nitrogen and oxygen atoms in total. The summed E-state index contributed by atoms with van der Waals surface area (Å²) in [5.41, 5.74) is 8.86. The van der Waals surface area contributed by atoms with E-state index >= 15 is 0 Å². The molecule has 0 spiro atoms. The number of para-hydroxylation sites is 1. The zero-order valence-electron chi connectivity index (χ0n) is 29.6. The van der Waals surface area contributed by atoms with Gasteiger partial charge in [-0.3, -0.25) is 34.2 Å². The Kier molecular flexibility index (Phi) is 9.73. The Labute approximate surface area is 314 Å². The predicted molar refractivity (Wildman–Crippen MR) is 199 cm³/mol. The summed E-state index contributed by atoms with van der Waals surface area (Å²) in [6.45, 7) is 2.19. The second-order valence-corrected chi connectivity index (χ2v) is 13.5. The van der Waals surface area contributed by atoms with Gasteiger partial charge in [-0.15, -0.1) is 0 Å². The third-order valence-corrected chi connectivity index (χ3v) is 10.1. The molecule has 3 aliphatic rings. The fourth-order valence-corrected chi connectivity index (χ4v) is 7.31. The van der Waals surface area contributed by atoms with Gasteiger partial charge in [-0.05, 0) is 67.8 Å². The summed E-state index contributed by atoms with van der Waals surface area (Å²) < 4.78 is 13.6. The normalized spacial score (nSPS) is 17.7. The lowest BCUT2D eigenvalue weighted by molar-refractivity contribution is -0.136. The number of nitrogens with one attached hydrogen (secondary N) is 2. The fraction of sp³-hybridized carbons (Fsp3) is 0.282. The van der Waals surface area contributed by atoms with Gasteiger partial charge in [-0.25, -0.2) is 14.6 Å². The molecule has 280 valence electrons. The molecule has 3 aliphatic heterocycles. The summed E-state index contributed by atoms with van der Waals surface area (Å²) in [7, 11) is 0. The van der Waals surface area contributed by atoms with Crippen molar-refractivity contribution in [3.63, 3.8) is 0 Å². The number of piperidine rings is 2. The van der Waals surface area contributed by atoms with Crippen LogP contribution >= 0.6 is 0 Å². The average Bonchev–Trinajstić information content (AvgIpc) is 3.70. The van der Waals surface area contributed by atoms with E-state index in [1.807, 2.05) is 59.3 Å². The van der Waals surface area contributed by atoms with Gasteiger partial charge >= 0.3 is 0 Å². The van der Waals surface area contributed by atoms with E-state index < -0.39 is 35.6 Å². The molecular formula is C39H37N9O7. The quantitative estimate of drug-likeness (QED) is 0.131. The first-order valence-electron chi connectivity index (χ1n) is 18.0. The van der Waals surface area contributed by atoms with E-state index in [0.29, 0.717) is 41.4 Å². The first-order chi connectivity index (χ1) is 26.7. The number of carbonyl (C=O) groups is 5. The molecule has 4 N–H and O–H groups in total. The number of hydrogen-bond donors (Lipinski definition) is 3. The highest BCUT2D eigenvalue weighted by molar-refractivity contribution is 6.26. The molecule has 0 aliphatic carbocycles. The summed E-state index contributed by atoms with van der Waals surface area (Å²) in [5.74, 6) is -1.19. The highest BCUT2D eigenvalue weighted by Gasteiger charge is 2.45. The van der Waals surface area contributed by atoms with Crippen molar-refractivity contribution in [2.24, 2.45) is 0 Å². The summed E-state index contributed by atoms with van der Waals surface area (Å²) in [6.07, 6.45) is 3.13. The maximum atomic E-state index is 13.3.